The van der Waals surface area contributed by atoms with Crippen molar-refractivity contribution < 1.29 is 14.4 Å². The Morgan fingerprint density at radius 3 is 2.67 bits per heavy atom. The van der Waals surface area contributed by atoms with Gasteiger partial charge in [0.1, 0.15) is 0 Å². The Bertz CT molecular complexity index is 808. The molecule has 0 aliphatic carbocycles. The van der Waals surface area contributed by atoms with E-state index < -0.39 is 5.97 Å². The minimum Gasteiger partial charge on any atom is -0.478 e. The number of aromatic nitrogens is 1. The molecule has 0 amide bonds. The smallest absolute Gasteiger partial charge is 0.336 e. The largest absolute Gasteiger partial charge is 0.478 e. The van der Waals surface area contributed by atoms with E-state index in [2.05, 4.69) is 10.5 Å². The number of benzene rings is 2. The van der Waals surface area contributed by atoms with Crippen molar-refractivity contribution in [1.29, 1.82) is 0 Å². The van der Waals surface area contributed by atoms with Crippen LogP contribution in [0.3, 0.4) is 0 Å². The second-order valence-corrected chi connectivity index (χ2v) is 4.80. The molecule has 0 radical (unpaired) electrons. The molecule has 106 valence electrons. The molecule has 2 aromatic carbocycles. The van der Waals surface area contributed by atoms with Gasteiger partial charge in [0.05, 0.1) is 17.8 Å². The van der Waals surface area contributed by atoms with E-state index >= 15 is 0 Å². The van der Waals surface area contributed by atoms with E-state index in [-0.39, 0.29) is 0 Å². The average Bonchev–Trinajstić information content (AvgIpc) is 2.90. The van der Waals surface area contributed by atoms with Crippen LogP contribution in [0.15, 0.2) is 47.0 Å². The fraction of sp³-hybridized carbons (Fsp3) is 0.125. The maximum atomic E-state index is 11.3. The molecular weight excluding hydrogens is 268 g/mol. The lowest BCUT2D eigenvalue weighted by molar-refractivity contribution is 0.0699. The number of nitrogens with one attached hydrogen (secondary N) is 1. The third kappa shape index (κ3) is 2.58. The second-order valence-electron chi connectivity index (χ2n) is 4.80. The normalized spacial score (nSPS) is 10.7. The molecular formula is C16H14N2O3. The van der Waals surface area contributed by atoms with Crippen LogP contribution >= 0.6 is 0 Å². The van der Waals surface area contributed by atoms with Gasteiger partial charge in [-0.2, -0.15) is 0 Å². The summed E-state index contributed by atoms with van der Waals surface area (Å²) in [7, 11) is 0. The Morgan fingerprint density at radius 2 is 2.00 bits per heavy atom. The number of hydrogen-bond donors (Lipinski definition) is 2. The SMILES string of the molecule is Cc1cc(CNc2ccc(C(=O)O)c3ccccc23)on1. The topological polar surface area (TPSA) is 75.4 Å². The standard InChI is InChI=1S/C16H14N2O3/c1-10-8-11(21-18-10)9-17-15-7-6-14(16(19)20)12-4-2-3-5-13(12)15/h2-8,17H,9H2,1H3,(H,19,20). The van der Waals surface area contributed by atoms with Crippen LogP contribution < -0.4 is 5.32 Å². The predicted molar refractivity (Wildman–Crippen MR) is 79.5 cm³/mol. The van der Waals surface area contributed by atoms with Crippen LogP contribution in [0, 0.1) is 6.92 Å². The molecule has 0 aliphatic rings. The van der Waals surface area contributed by atoms with Crippen LogP contribution in [0.2, 0.25) is 0 Å². The zero-order chi connectivity index (χ0) is 14.8. The fourth-order valence-corrected chi connectivity index (χ4v) is 2.32. The van der Waals surface area contributed by atoms with Crippen molar-refractivity contribution in [1.82, 2.24) is 5.16 Å². The van der Waals surface area contributed by atoms with E-state index in [0.29, 0.717) is 17.5 Å². The van der Waals surface area contributed by atoms with E-state index in [1.54, 1.807) is 12.1 Å². The summed E-state index contributed by atoms with van der Waals surface area (Å²) >= 11 is 0. The van der Waals surface area contributed by atoms with Gasteiger partial charge in [-0.1, -0.05) is 29.4 Å². The molecule has 3 rings (SSSR count). The Kier molecular flexibility index (Phi) is 3.31. The van der Waals surface area contributed by atoms with Gasteiger partial charge in [0, 0.05) is 17.1 Å². The molecule has 2 N–H and O–H groups in total. The van der Waals surface area contributed by atoms with Crippen molar-refractivity contribution in [3.63, 3.8) is 0 Å². The molecule has 1 aromatic heterocycles. The van der Waals surface area contributed by atoms with Gasteiger partial charge in [0.25, 0.3) is 0 Å². The molecule has 0 fully saturated rings. The first-order valence-corrected chi connectivity index (χ1v) is 6.56. The van der Waals surface area contributed by atoms with Gasteiger partial charge in [-0.15, -0.1) is 0 Å². The fourth-order valence-electron chi connectivity index (χ4n) is 2.32. The highest BCUT2D eigenvalue weighted by Gasteiger charge is 2.11. The lowest BCUT2D eigenvalue weighted by Gasteiger charge is -2.10. The quantitative estimate of drug-likeness (QED) is 0.766. The number of rotatable bonds is 4. The van der Waals surface area contributed by atoms with Crippen molar-refractivity contribution in [3.8, 4) is 0 Å². The van der Waals surface area contributed by atoms with Gasteiger partial charge >= 0.3 is 5.97 Å². The molecule has 5 heteroatoms. The van der Waals surface area contributed by atoms with Gasteiger partial charge in [-0.3, -0.25) is 0 Å². The molecule has 0 atom stereocenters. The molecule has 3 aromatic rings. The molecule has 5 nitrogen and oxygen atoms in total. The summed E-state index contributed by atoms with van der Waals surface area (Å²) in [5, 5.41) is 17.9. The second kappa shape index (κ2) is 5.28. The lowest BCUT2D eigenvalue weighted by atomic mass is 10.0. The molecule has 21 heavy (non-hydrogen) atoms. The molecule has 0 saturated heterocycles. The van der Waals surface area contributed by atoms with Crippen molar-refractivity contribution in [2.24, 2.45) is 0 Å². The van der Waals surface area contributed by atoms with Crippen molar-refractivity contribution >= 4 is 22.4 Å². The maximum absolute atomic E-state index is 11.3. The van der Waals surface area contributed by atoms with Crippen molar-refractivity contribution in [3.05, 3.63) is 59.5 Å². The predicted octanol–water partition coefficient (Wildman–Crippen LogP) is 3.45. The van der Waals surface area contributed by atoms with Gasteiger partial charge in [0.2, 0.25) is 0 Å². The number of fused-ring (bicyclic) bond motifs is 1. The van der Waals surface area contributed by atoms with Crippen LogP contribution in [0.1, 0.15) is 21.8 Å². The van der Waals surface area contributed by atoms with Gasteiger partial charge < -0.3 is 14.9 Å². The molecule has 0 saturated carbocycles. The lowest BCUT2D eigenvalue weighted by Crippen LogP contribution is -2.02. The van der Waals surface area contributed by atoms with Crippen LogP contribution in [0.25, 0.3) is 10.8 Å². The minimum absolute atomic E-state index is 0.298. The maximum Gasteiger partial charge on any atom is 0.336 e. The number of carboxylic acids is 1. The first-order chi connectivity index (χ1) is 10.1. The molecule has 0 bridgehead atoms. The Labute approximate surface area is 121 Å². The third-order valence-electron chi connectivity index (χ3n) is 3.28. The zero-order valence-electron chi connectivity index (χ0n) is 11.5. The minimum atomic E-state index is -0.927. The van der Waals surface area contributed by atoms with Crippen molar-refractivity contribution in [2.45, 2.75) is 13.5 Å². The van der Waals surface area contributed by atoms with Crippen LogP contribution in [0.5, 0.6) is 0 Å². The number of hydrogen-bond acceptors (Lipinski definition) is 4. The summed E-state index contributed by atoms with van der Waals surface area (Å²) in [5.41, 5.74) is 1.99. The van der Waals surface area contributed by atoms with E-state index in [9.17, 15) is 9.90 Å². The van der Waals surface area contributed by atoms with E-state index in [0.717, 1.165) is 22.5 Å². The highest BCUT2D eigenvalue weighted by atomic mass is 16.5. The molecule has 1 heterocycles. The number of carboxylic acid groups (broad SMARTS) is 1. The van der Waals surface area contributed by atoms with E-state index in [1.807, 2.05) is 37.3 Å². The summed E-state index contributed by atoms with van der Waals surface area (Å²) in [6, 6.07) is 12.7. The van der Waals surface area contributed by atoms with Gasteiger partial charge in [-0.25, -0.2) is 4.79 Å². The van der Waals surface area contributed by atoms with Crippen molar-refractivity contribution in [2.75, 3.05) is 5.32 Å². The summed E-state index contributed by atoms with van der Waals surface area (Å²) in [6.45, 7) is 2.36. The van der Waals surface area contributed by atoms with Gasteiger partial charge in [0.15, 0.2) is 5.76 Å². The third-order valence-corrected chi connectivity index (χ3v) is 3.28. The van der Waals surface area contributed by atoms with Crippen LogP contribution in [0.4, 0.5) is 5.69 Å². The Hall–Kier alpha value is -2.82. The van der Waals surface area contributed by atoms with E-state index in [4.69, 9.17) is 4.52 Å². The highest BCUT2D eigenvalue weighted by Crippen LogP contribution is 2.27. The number of aryl methyl sites for hydroxylation is 1. The first kappa shape index (κ1) is 13.2. The molecule has 0 unspecified atom stereocenters. The summed E-state index contributed by atoms with van der Waals surface area (Å²) in [5.74, 6) is -0.192. The summed E-state index contributed by atoms with van der Waals surface area (Å²) < 4.78 is 5.15. The van der Waals surface area contributed by atoms with Gasteiger partial charge in [-0.05, 0) is 24.4 Å². The van der Waals surface area contributed by atoms with Crippen LogP contribution in [-0.2, 0) is 6.54 Å². The number of nitrogens with zero attached hydrogens (tertiary/aromatic N) is 1. The van der Waals surface area contributed by atoms with E-state index in [1.165, 1.54) is 0 Å². The number of carbonyl (C=O) groups is 1. The monoisotopic (exact) mass is 282 g/mol. The van der Waals surface area contributed by atoms with Crippen LogP contribution in [-0.4, -0.2) is 16.2 Å². The Morgan fingerprint density at radius 1 is 1.24 bits per heavy atom. The number of anilines is 1. The number of aromatic carboxylic acids is 1. The summed E-state index contributed by atoms with van der Waals surface area (Å²) in [4.78, 5) is 11.3. The zero-order valence-corrected chi connectivity index (χ0v) is 11.5. The highest BCUT2D eigenvalue weighted by molar-refractivity contribution is 6.07. The summed E-state index contributed by atoms with van der Waals surface area (Å²) in [6.07, 6.45) is 0. The Balaban J connectivity index is 1.96. The molecule has 0 aliphatic heterocycles. The average molecular weight is 282 g/mol. The molecule has 0 spiro atoms. The first-order valence-electron chi connectivity index (χ1n) is 6.56.